The highest BCUT2D eigenvalue weighted by Gasteiger charge is 2.08. The average Bonchev–Trinajstić information content (AvgIpc) is 2.96. The zero-order valence-electron chi connectivity index (χ0n) is 16.2. The molecule has 0 saturated carbocycles. The lowest BCUT2D eigenvalue weighted by Crippen LogP contribution is -2.36. The molecule has 8 nitrogen and oxygen atoms in total. The van der Waals surface area contributed by atoms with E-state index in [1.807, 2.05) is 32.9 Å². The molecule has 2 aromatic rings. The van der Waals surface area contributed by atoms with Gasteiger partial charge in [-0.3, -0.25) is 0 Å². The molecule has 0 spiro atoms. The maximum absolute atomic E-state index is 5.64. The van der Waals surface area contributed by atoms with Crippen molar-refractivity contribution in [3.8, 4) is 5.88 Å². The van der Waals surface area contributed by atoms with Crippen molar-refractivity contribution in [3.05, 3.63) is 41.2 Å². The van der Waals surface area contributed by atoms with Crippen molar-refractivity contribution in [1.29, 1.82) is 0 Å². The van der Waals surface area contributed by atoms with E-state index in [4.69, 9.17) is 13.9 Å². The molecular weight excluding hydrogens is 461 g/mol. The molecule has 0 bridgehead atoms. The predicted molar refractivity (Wildman–Crippen MR) is 115 cm³/mol. The molecule has 150 valence electrons. The summed E-state index contributed by atoms with van der Waals surface area (Å²) in [5.41, 5.74) is 1.81. The van der Waals surface area contributed by atoms with Crippen LogP contribution < -0.4 is 15.4 Å². The number of nitrogens with zero attached hydrogens (tertiary/aromatic N) is 3. The molecule has 0 saturated heterocycles. The first-order chi connectivity index (χ1) is 12.6. The van der Waals surface area contributed by atoms with Crippen LogP contribution in [0.4, 0.5) is 0 Å². The number of ether oxygens (including phenoxy) is 2. The Labute approximate surface area is 177 Å². The number of aromatic nitrogens is 2. The molecule has 0 unspecified atom stereocenters. The van der Waals surface area contributed by atoms with Crippen molar-refractivity contribution in [2.75, 3.05) is 26.9 Å². The van der Waals surface area contributed by atoms with Crippen LogP contribution in [0.5, 0.6) is 5.88 Å². The topological polar surface area (TPSA) is 93.8 Å². The molecule has 2 heterocycles. The molecule has 0 aliphatic heterocycles. The summed E-state index contributed by atoms with van der Waals surface area (Å²) in [5.74, 6) is 2.71. The Kier molecular flexibility index (Phi) is 10.7. The second-order valence-electron chi connectivity index (χ2n) is 5.61. The molecule has 0 amide bonds. The van der Waals surface area contributed by atoms with Gasteiger partial charge in [-0.1, -0.05) is 6.07 Å². The third kappa shape index (κ3) is 7.71. The second kappa shape index (κ2) is 12.5. The van der Waals surface area contributed by atoms with Crippen molar-refractivity contribution >= 4 is 29.9 Å². The highest BCUT2D eigenvalue weighted by molar-refractivity contribution is 14.0. The van der Waals surface area contributed by atoms with Crippen molar-refractivity contribution in [1.82, 2.24) is 20.6 Å². The normalized spacial score (nSPS) is 11.0. The fourth-order valence-electron chi connectivity index (χ4n) is 2.18. The minimum atomic E-state index is 0. The van der Waals surface area contributed by atoms with Crippen LogP contribution >= 0.6 is 24.0 Å². The van der Waals surface area contributed by atoms with Crippen LogP contribution in [0.3, 0.4) is 0 Å². The van der Waals surface area contributed by atoms with Crippen LogP contribution in [0.15, 0.2) is 27.7 Å². The molecule has 0 aliphatic rings. The highest BCUT2D eigenvalue weighted by atomic mass is 127. The standard InChI is InChI=1S/C18H27N5O3.HI/c1-5-19-18(22-12-16-23-13(2)14(3)26-16)21-11-15-7-6-8-20-17(15)25-10-9-24-4;/h6-8H,5,9-12H2,1-4H3,(H2,19,21,22);1H. The van der Waals surface area contributed by atoms with Gasteiger partial charge in [-0.15, -0.1) is 24.0 Å². The molecule has 0 atom stereocenters. The van der Waals surface area contributed by atoms with Gasteiger partial charge < -0.3 is 24.5 Å². The molecule has 2 aromatic heterocycles. The summed E-state index contributed by atoms with van der Waals surface area (Å²) in [6.45, 7) is 8.46. The number of rotatable bonds is 9. The third-order valence-corrected chi connectivity index (χ3v) is 3.61. The van der Waals surface area contributed by atoms with Gasteiger partial charge in [0.2, 0.25) is 11.8 Å². The van der Waals surface area contributed by atoms with E-state index in [-0.39, 0.29) is 24.0 Å². The van der Waals surface area contributed by atoms with Crippen LogP contribution in [0.2, 0.25) is 0 Å². The molecule has 0 aliphatic carbocycles. The van der Waals surface area contributed by atoms with Crippen molar-refractivity contribution in [3.63, 3.8) is 0 Å². The number of methoxy groups -OCH3 is 1. The number of oxazole rings is 1. The number of nitrogens with one attached hydrogen (secondary N) is 2. The van der Waals surface area contributed by atoms with E-state index in [0.29, 0.717) is 44.0 Å². The number of pyridine rings is 1. The summed E-state index contributed by atoms with van der Waals surface area (Å²) in [5, 5.41) is 6.43. The zero-order chi connectivity index (χ0) is 18.8. The van der Waals surface area contributed by atoms with Gasteiger partial charge in [0, 0.05) is 25.4 Å². The number of hydrogen-bond donors (Lipinski definition) is 2. The van der Waals surface area contributed by atoms with Crippen molar-refractivity contribution in [2.45, 2.75) is 33.9 Å². The Morgan fingerprint density at radius 3 is 2.74 bits per heavy atom. The van der Waals surface area contributed by atoms with E-state index in [9.17, 15) is 0 Å². The second-order valence-corrected chi connectivity index (χ2v) is 5.61. The third-order valence-electron chi connectivity index (χ3n) is 3.61. The Balaban J connectivity index is 0.00000364. The summed E-state index contributed by atoms with van der Waals surface area (Å²) < 4.78 is 16.2. The monoisotopic (exact) mass is 489 g/mol. The van der Waals surface area contributed by atoms with Gasteiger partial charge in [0.05, 0.1) is 25.4 Å². The van der Waals surface area contributed by atoms with E-state index in [1.165, 1.54) is 0 Å². The first-order valence-electron chi connectivity index (χ1n) is 8.64. The van der Waals surface area contributed by atoms with E-state index in [1.54, 1.807) is 13.3 Å². The van der Waals surface area contributed by atoms with Crippen LogP contribution in [-0.2, 0) is 17.8 Å². The Morgan fingerprint density at radius 1 is 1.26 bits per heavy atom. The van der Waals surface area contributed by atoms with Crippen LogP contribution in [0.1, 0.15) is 29.8 Å². The van der Waals surface area contributed by atoms with E-state index >= 15 is 0 Å². The van der Waals surface area contributed by atoms with Gasteiger partial charge in [0.25, 0.3) is 0 Å². The van der Waals surface area contributed by atoms with Gasteiger partial charge in [0.15, 0.2) is 5.96 Å². The molecule has 9 heteroatoms. The maximum Gasteiger partial charge on any atom is 0.218 e. The van der Waals surface area contributed by atoms with Crippen LogP contribution in [0.25, 0.3) is 0 Å². The zero-order valence-corrected chi connectivity index (χ0v) is 18.6. The molecule has 2 N–H and O–H groups in total. The molecule has 2 rings (SSSR count). The highest BCUT2D eigenvalue weighted by Crippen LogP contribution is 2.15. The van der Waals surface area contributed by atoms with E-state index in [0.717, 1.165) is 23.6 Å². The minimum Gasteiger partial charge on any atom is -0.475 e. The van der Waals surface area contributed by atoms with Gasteiger partial charge >= 0.3 is 0 Å². The smallest absolute Gasteiger partial charge is 0.218 e. The Bertz CT molecular complexity index is 701. The fraction of sp³-hybridized carbons (Fsp3) is 0.500. The van der Waals surface area contributed by atoms with Crippen molar-refractivity contribution < 1.29 is 13.9 Å². The molecule has 0 fully saturated rings. The van der Waals surface area contributed by atoms with Gasteiger partial charge in [0.1, 0.15) is 12.4 Å². The molecule has 0 aromatic carbocycles. The predicted octanol–water partition coefficient (Wildman–Crippen LogP) is 2.58. The van der Waals surface area contributed by atoms with Gasteiger partial charge in [-0.05, 0) is 26.8 Å². The number of guanidine groups is 1. The Hall–Kier alpha value is -1.88. The molecular formula is C18H28IN5O3. The van der Waals surface area contributed by atoms with Gasteiger partial charge in [-0.25, -0.2) is 15.0 Å². The summed E-state index contributed by atoms with van der Waals surface area (Å²) in [6, 6.07) is 3.82. The fourth-order valence-corrected chi connectivity index (χ4v) is 2.18. The SMILES string of the molecule is CCNC(=NCc1cccnc1OCCOC)NCc1nc(C)c(C)o1.I. The quantitative estimate of drug-likeness (QED) is 0.242. The lowest BCUT2D eigenvalue weighted by atomic mass is 10.3. The maximum atomic E-state index is 5.64. The summed E-state index contributed by atoms with van der Waals surface area (Å²) in [6.07, 6.45) is 1.70. The average molecular weight is 489 g/mol. The number of hydrogen-bond acceptors (Lipinski definition) is 6. The van der Waals surface area contributed by atoms with E-state index < -0.39 is 0 Å². The lowest BCUT2D eigenvalue weighted by Gasteiger charge is -2.11. The number of aryl methyl sites for hydroxylation is 2. The van der Waals surface area contributed by atoms with E-state index in [2.05, 4.69) is 25.6 Å². The van der Waals surface area contributed by atoms with Crippen molar-refractivity contribution in [2.24, 2.45) is 4.99 Å². The van der Waals surface area contributed by atoms with Gasteiger partial charge in [-0.2, -0.15) is 0 Å². The lowest BCUT2D eigenvalue weighted by molar-refractivity contribution is 0.143. The first-order valence-corrected chi connectivity index (χ1v) is 8.64. The summed E-state index contributed by atoms with van der Waals surface area (Å²) in [7, 11) is 1.64. The Morgan fingerprint density at radius 2 is 2.07 bits per heavy atom. The largest absolute Gasteiger partial charge is 0.475 e. The number of halogens is 1. The summed E-state index contributed by atoms with van der Waals surface area (Å²) >= 11 is 0. The molecule has 0 radical (unpaired) electrons. The molecule has 27 heavy (non-hydrogen) atoms. The minimum absolute atomic E-state index is 0. The van der Waals surface area contributed by atoms with Crippen LogP contribution in [0, 0.1) is 13.8 Å². The number of aliphatic imine (C=N–C) groups is 1. The first kappa shape index (κ1) is 23.2. The van der Waals surface area contributed by atoms with Crippen LogP contribution in [-0.4, -0.2) is 42.8 Å². The summed E-state index contributed by atoms with van der Waals surface area (Å²) in [4.78, 5) is 13.2.